The van der Waals surface area contributed by atoms with Gasteiger partial charge in [0.05, 0.1) is 16.3 Å². The van der Waals surface area contributed by atoms with Gasteiger partial charge in [-0.1, -0.05) is 0 Å². The van der Waals surface area contributed by atoms with Gasteiger partial charge in [0, 0.05) is 11.1 Å². The standard InChI is InChI=1S/C10H11N3O2S2/c11-9-2-1-8(17(12,14)15)5-10(9)13-7-3-4-16-6-7/h1-6,13H,11H2,(H2,12,14,15). The molecule has 0 aliphatic rings. The van der Waals surface area contributed by atoms with Gasteiger partial charge < -0.3 is 11.1 Å². The molecule has 17 heavy (non-hydrogen) atoms. The smallest absolute Gasteiger partial charge is 0.238 e. The Hall–Kier alpha value is -1.57. The molecule has 0 aliphatic heterocycles. The number of benzene rings is 1. The summed E-state index contributed by atoms with van der Waals surface area (Å²) in [5.74, 6) is 0. The third-order valence-corrected chi connectivity index (χ3v) is 3.75. The maximum atomic E-state index is 11.2. The van der Waals surface area contributed by atoms with Gasteiger partial charge in [0.15, 0.2) is 0 Å². The Morgan fingerprint density at radius 2 is 2.00 bits per heavy atom. The zero-order valence-corrected chi connectivity index (χ0v) is 10.4. The molecule has 2 aromatic rings. The Morgan fingerprint density at radius 1 is 1.24 bits per heavy atom. The molecule has 2 rings (SSSR count). The first kappa shape index (κ1) is 11.9. The summed E-state index contributed by atoms with van der Waals surface area (Å²) in [6, 6.07) is 6.17. The molecule has 7 heteroatoms. The van der Waals surface area contributed by atoms with Crippen LogP contribution in [0.25, 0.3) is 0 Å². The van der Waals surface area contributed by atoms with Crippen LogP contribution in [0.2, 0.25) is 0 Å². The average Bonchev–Trinajstić information content (AvgIpc) is 2.72. The topological polar surface area (TPSA) is 98.2 Å². The zero-order chi connectivity index (χ0) is 12.5. The molecule has 1 aromatic carbocycles. The van der Waals surface area contributed by atoms with Crippen LogP contribution in [0, 0.1) is 0 Å². The first-order chi connectivity index (χ1) is 7.97. The van der Waals surface area contributed by atoms with E-state index in [0.29, 0.717) is 11.4 Å². The van der Waals surface area contributed by atoms with Crippen molar-refractivity contribution in [3.63, 3.8) is 0 Å². The second kappa shape index (κ2) is 4.36. The molecular formula is C10H11N3O2S2. The third kappa shape index (κ3) is 2.76. The molecule has 0 aliphatic carbocycles. The minimum Gasteiger partial charge on any atom is -0.397 e. The molecule has 1 aromatic heterocycles. The van der Waals surface area contributed by atoms with Gasteiger partial charge in [-0.15, -0.1) is 0 Å². The van der Waals surface area contributed by atoms with Crippen molar-refractivity contribution in [2.45, 2.75) is 4.90 Å². The number of nitrogen functional groups attached to an aromatic ring is 1. The number of sulfonamides is 1. The van der Waals surface area contributed by atoms with Crippen LogP contribution < -0.4 is 16.2 Å². The van der Waals surface area contributed by atoms with E-state index in [2.05, 4.69) is 5.32 Å². The van der Waals surface area contributed by atoms with Gasteiger partial charge in [-0.3, -0.25) is 0 Å². The predicted molar refractivity (Wildman–Crippen MR) is 69.8 cm³/mol. The maximum Gasteiger partial charge on any atom is 0.238 e. The lowest BCUT2D eigenvalue weighted by molar-refractivity contribution is 0.598. The lowest BCUT2D eigenvalue weighted by Gasteiger charge is -2.09. The number of anilines is 3. The summed E-state index contributed by atoms with van der Waals surface area (Å²) in [6.07, 6.45) is 0. The fourth-order valence-corrected chi connectivity index (χ4v) is 2.44. The molecule has 0 bridgehead atoms. The van der Waals surface area contributed by atoms with E-state index in [9.17, 15) is 8.42 Å². The average molecular weight is 269 g/mol. The van der Waals surface area contributed by atoms with E-state index in [1.807, 2.05) is 16.8 Å². The van der Waals surface area contributed by atoms with Crippen LogP contribution in [0.3, 0.4) is 0 Å². The predicted octanol–water partition coefficient (Wildman–Crippen LogP) is 1.72. The van der Waals surface area contributed by atoms with Crippen LogP contribution in [0.4, 0.5) is 17.1 Å². The van der Waals surface area contributed by atoms with E-state index in [1.54, 1.807) is 0 Å². The summed E-state index contributed by atoms with van der Waals surface area (Å²) in [5, 5.41) is 11.9. The van der Waals surface area contributed by atoms with Crippen LogP contribution in [0.15, 0.2) is 39.9 Å². The zero-order valence-electron chi connectivity index (χ0n) is 8.75. The molecule has 0 fully saturated rings. The molecule has 5 nitrogen and oxygen atoms in total. The van der Waals surface area contributed by atoms with Crippen LogP contribution in [-0.2, 0) is 10.0 Å². The number of primary sulfonamides is 1. The number of nitrogens with one attached hydrogen (secondary N) is 1. The molecule has 0 saturated carbocycles. The highest BCUT2D eigenvalue weighted by Gasteiger charge is 2.10. The molecule has 5 N–H and O–H groups in total. The Balaban J connectivity index is 2.40. The Kier molecular flexibility index (Phi) is 3.05. The Labute approximate surface area is 103 Å². The van der Waals surface area contributed by atoms with E-state index in [1.165, 1.54) is 29.5 Å². The molecule has 0 unspecified atom stereocenters. The molecule has 90 valence electrons. The van der Waals surface area contributed by atoms with Gasteiger partial charge in [0.1, 0.15) is 0 Å². The lowest BCUT2D eigenvalue weighted by atomic mass is 10.2. The minimum absolute atomic E-state index is 0.0319. The van der Waals surface area contributed by atoms with E-state index in [0.717, 1.165) is 5.69 Å². The molecule has 1 heterocycles. The molecule has 0 atom stereocenters. The van der Waals surface area contributed by atoms with E-state index < -0.39 is 10.0 Å². The van der Waals surface area contributed by atoms with Crippen molar-refractivity contribution < 1.29 is 8.42 Å². The summed E-state index contributed by atoms with van der Waals surface area (Å²) in [6.45, 7) is 0. The summed E-state index contributed by atoms with van der Waals surface area (Å²) >= 11 is 1.53. The molecule has 0 saturated heterocycles. The Morgan fingerprint density at radius 3 is 2.59 bits per heavy atom. The summed E-state index contributed by atoms with van der Waals surface area (Å²) in [5.41, 5.74) is 7.59. The van der Waals surface area contributed by atoms with Gasteiger partial charge in [-0.05, 0) is 29.6 Å². The van der Waals surface area contributed by atoms with Gasteiger partial charge in [-0.2, -0.15) is 11.3 Å². The molecule has 0 spiro atoms. The monoisotopic (exact) mass is 269 g/mol. The van der Waals surface area contributed by atoms with Crippen LogP contribution >= 0.6 is 11.3 Å². The summed E-state index contributed by atoms with van der Waals surface area (Å²) in [4.78, 5) is 0.0319. The largest absolute Gasteiger partial charge is 0.397 e. The lowest BCUT2D eigenvalue weighted by Crippen LogP contribution is -2.12. The van der Waals surface area contributed by atoms with Crippen LogP contribution in [0.1, 0.15) is 0 Å². The summed E-state index contributed by atoms with van der Waals surface area (Å²) < 4.78 is 22.4. The highest BCUT2D eigenvalue weighted by molar-refractivity contribution is 7.89. The van der Waals surface area contributed by atoms with Gasteiger partial charge in [0.2, 0.25) is 10.0 Å². The number of hydrogen-bond donors (Lipinski definition) is 3. The highest BCUT2D eigenvalue weighted by Crippen LogP contribution is 2.26. The number of rotatable bonds is 3. The first-order valence-corrected chi connectivity index (χ1v) is 7.17. The molecule has 0 radical (unpaired) electrons. The van der Waals surface area contributed by atoms with Gasteiger partial charge in [0.25, 0.3) is 0 Å². The number of thiophene rings is 1. The van der Waals surface area contributed by atoms with Gasteiger partial charge in [-0.25, -0.2) is 13.6 Å². The van der Waals surface area contributed by atoms with E-state index >= 15 is 0 Å². The van der Waals surface area contributed by atoms with Crippen molar-refractivity contribution in [2.75, 3.05) is 11.1 Å². The SMILES string of the molecule is Nc1ccc(S(N)(=O)=O)cc1Nc1ccsc1. The van der Waals surface area contributed by atoms with Crippen LogP contribution in [-0.4, -0.2) is 8.42 Å². The minimum atomic E-state index is -3.71. The third-order valence-electron chi connectivity index (χ3n) is 2.15. The van der Waals surface area contributed by atoms with E-state index in [4.69, 9.17) is 10.9 Å². The first-order valence-electron chi connectivity index (χ1n) is 4.68. The number of nitrogens with two attached hydrogens (primary N) is 2. The van der Waals surface area contributed by atoms with Crippen molar-refractivity contribution in [3.05, 3.63) is 35.0 Å². The molecule has 0 amide bonds. The second-order valence-corrected chi connectivity index (χ2v) is 5.77. The van der Waals surface area contributed by atoms with Crippen LogP contribution in [0.5, 0.6) is 0 Å². The normalized spacial score (nSPS) is 11.4. The fourth-order valence-electron chi connectivity index (χ4n) is 1.31. The van der Waals surface area contributed by atoms with Crippen molar-refractivity contribution in [1.29, 1.82) is 0 Å². The van der Waals surface area contributed by atoms with Crippen molar-refractivity contribution in [2.24, 2.45) is 5.14 Å². The van der Waals surface area contributed by atoms with Crippen molar-refractivity contribution in [3.8, 4) is 0 Å². The quantitative estimate of drug-likeness (QED) is 0.739. The summed E-state index contributed by atoms with van der Waals surface area (Å²) in [7, 11) is -3.71. The van der Waals surface area contributed by atoms with Gasteiger partial charge >= 0.3 is 0 Å². The maximum absolute atomic E-state index is 11.2. The molecular weight excluding hydrogens is 258 g/mol. The highest BCUT2D eigenvalue weighted by atomic mass is 32.2. The number of hydrogen-bond acceptors (Lipinski definition) is 5. The Bertz CT molecular complexity index is 621. The fraction of sp³-hybridized carbons (Fsp3) is 0. The second-order valence-electron chi connectivity index (χ2n) is 3.43. The van der Waals surface area contributed by atoms with Crippen molar-refractivity contribution >= 4 is 38.4 Å². The van der Waals surface area contributed by atoms with E-state index in [-0.39, 0.29) is 4.90 Å². The van der Waals surface area contributed by atoms with Crippen molar-refractivity contribution in [1.82, 2.24) is 0 Å².